The second-order valence-corrected chi connectivity index (χ2v) is 4.89. The topological polar surface area (TPSA) is 59.4 Å². The van der Waals surface area contributed by atoms with Crippen LogP contribution >= 0.6 is 24.0 Å². The van der Waals surface area contributed by atoms with E-state index in [1.807, 2.05) is 17.2 Å². The van der Waals surface area contributed by atoms with Gasteiger partial charge in [-0.2, -0.15) is 5.10 Å². The lowest BCUT2D eigenvalue weighted by molar-refractivity contribution is 0.458. The highest BCUT2D eigenvalue weighted by Crippen LogP contribution is 2.09. The van der Waals surface area contributed by atoms with Crippen LogP contribution in [0.3, 0.4) is 0 Å². The van der Waals surface area contributed by atoms with Crippen molar-refractivity contribution in [1.29, 1.82) is 0 Å². The lowest BCUT2D eigenvalue weighted by Gasteiger charge is -2.19. The Hall–Kier alpha value is -1.64. The second kappa shape index (κ2) is 9.49. The second-order valence-electron chi connectivity index (χ2n) is 4.89. The number of aliphatic imine (C=N–C) groups is 1. The summed E-state index contributed by atoms with van der Waals surface area (Å²) in [6.45, 7) is 6.41. The summed E-state index contributed by atoms with van der Waals surface area (Å²) in [5.74, 6) is 0.320. The highest BCUT2D eigenvalue weighted by molar-refractivity contribution is 14.0. The maximum Gasteiger partial charge on any atom is 0.191 e. The zero-order valence-electron chi connectivity index (χ0n) is 13.4. The van der Waals surface area contributed by atoms with Gasteiger partial charge >= 0.3 is 0 Å². The molecule has 0 bridgehead atoms. The van der Waals surface area contributed by atoms with Crippen molar-refractivity contribution < 1.29 is 4.39 Å². The Balaban J connectivity index is 0.00000264. The van der Waals surface area contributed by atoms with Crippen molar-refractivity contribution in [3.05, 3.63) is 48.0 Å². The van der Waals surface area contributed by atoms with Gasteiger partial charge in [0.05, 0.1) is 11.4 Å². The molecule has 0 saturated heterocycles. The van der Waals surface area contributed by atoms with E-state index >= 15 is 0 Å². The fourth-order valence-corrected chi connectivity index (χ4v) is 2.17. The molecular weight excluding hydrogens is 408 g/mol. The van der Waals surface area contributed by atoms with Crippen LogP contribution in [0.4, 0.5) is 4.39 Å². The highest BCUT2D eigenvalue weighted by Gasteiger charge is 2.04. The summed E-state index contributed by atoms with van der Waals surface area (Å²) in [4.78, 5) is 6.39. The van der Waals surface area contributed by atoms with Crippen LogP contribution in [-0.4, -0.2) is 40.3 Å². The van der Waals surface area contributed by atoms with Crippen LogP contribution in [0.5, 0.6) is 0 Å². The van der Waals surface area contributed by atoms with Crippen LogP contribution in [0.25, 0.3) is 5.69 Å². The van der Waals surface area contributed by atoms with E-state index in [1.165, 1.54) is 12.1 Å². The van der Waals surface area contributed by atoms with Crippen molar-refractivity contribution >= 4 is 29.9 Å². The fraction of sp³-hybridized carbons (Fsp3) is 0.375. The summed E-state index contributed by atoms with van der Waals surface area (Å²) >= 11 is 0. The van der Waals surface area contributed by atoms with E-state index in [0.717, 1.165) is 30.9 Å². The molecule has 0 unspecified atom stereocenters. The summed E-state index contributed by atoms with van der Waals surface area (Å²) in [5, 5.41) is 4.46. The summed E-state index contributed by atoms with van der Waals surface area (Å²) in [7, 11) is 0. The van der Waals surface area contributed by atoms with E-state index in [2.05, 4.69) is 23.9 Å². The van der Waals surface area contributed by atoms with Crippen molar-refractivity contribution in [2.24, 2.45) is 10.7 Å². The van der Waals surface area contributed by atoms with E-state index in [-0.39, 0.29) is 29.8 Å². The van der Waals surface area contributed by atoms with Crippen LogP contribution in [0, 0.1) is 5.82 Å². The first-order chi connectivity index (χ1) is 10.6. The van der Waals surface area contributed by atoms with Crippen molar-refractivity contribution in [1.82, 2.24) is 14.7 Å². The van der Waals surface area contributed by atoms with Gasteiger partial charge in [0.2, 0.25) is 0 Å². The molecule has 2 N–H and O–H groups in total. The highest BCUT2D eigenvalue weighted by atomic mass is 127. The van der Waals surface area contributed by atoms with Crippen LogP contribution < -0.4 is 5.73 Å². The van der Waals surface area contributed by atoms with Crippen molar-refractivity contribution in [3.63, 3.8) is 0 Å². The van der Waals surface area contributed by atoms with Crippen LogP contribution in [0.2, 0.25) is 0 Å². The normalized spacial score (nSPS) is 11.2. The molecule has 0 atom stereocenters. The summed E-state index contributed by atoms with van der Waals surface area (Å²) in [5.41, 5.74) is 7.69. The maximum atomic E-state index is 12.9. The molecule has 1 heterocycles. The van der Waals surface area contributed by atoms with Gasteiger partial charge in [-0.05, 0) is 44.2 Å². The first-order valence-electron chi connectivity index (χ1n) is 7.49. The number of guanidine groups is 1. The smallest absolute Gasteiger partial charge is 0.191 e. The predicted octanol–water partition coefficient (Wildman–Crippen LogP) is 2.83. The average Bonchev–Trinajstić information content (AvgIpc) is 2.98. The fourth-order valence-electron chi connectivity index (χ4n) is 2.17. The molecule has 0 spiro atoms. The summed E-state index contributed by atoms with van der Waals surface area (Å²) in [6.07, 6.45) is 2.58. The minimum atomic E-state index is -0.252. The number of hydrogen-bond acceptors (Lipinski definition) is 2. The van der Waals surface area contributed by atoms with Gasteiger partial charge in [0.25, 0.3) is 0 Å². The molecule has 0 radical (unpaired) electrons. The number of nitrogens with two attached hydrogens (primary N) is 1. The summed E-state index contributed by atoms with van der Waals surface area (Å²) in [6, 6.07) is 8.18. The standard InChI is InChI=1S/C16H22FN5.HI/c1-3-21(4-2)16(18)19-11-9-14-10-12-22(20-14)15-7-5-13(17)6-8-15;/h5-8,10,12H,3-4,9,11H2,1-2H3,(H2,18,19);1H. The molecule has 1 aromatic heterocycles. The Morgan fingerprint density at radius 3 is 2.48 bits per heavy atom. The average molecular weight is 431 g/mol. The monoisotopic (exact) mass is 431 g/mol. The zero-order valence-corrected chi connectivity index (χ0v) is 15.8. The zero-order chi connectivity index (χ0) is 15.9. The Morgan fingerprint density at radius 1 is 1.22 bits per heavy atom. The summed E-state index contributed by atoms with van der Waals surface area (Å²) < 4.78 is 14.6. The first kappa shape index (κ1) is 19.4. The lowest BCUT2D eigenvalue weighted by Crippen LogP contribution is -2.37. The largest absolute Gasteiger partial charge is 0.370 e. The molecule has 126 valence electrons. The van der Waals surface area contributed by atoms with Gasteiger partial charge in [0.1, 0.15) is 5.82 Å². The molecule has 2 aromatic rings. The Morgan fingerprint density at radius 2 is 1.87 bits per heavy atom. The molecule has 2 rings (SSSR count). The van der Waals surface area contributed by atoms with Gasteiger partial charge in [-0.3, -0.25) is 4.99 Å². The Labute approximate surface area is 153 Å². The molecular formula is C16H23FIN5. The molecule has 0 aliphatic carbocycles. The Bertz CT molecular complexity index is 620. The lowest BCUT2D eigenvalue weighted by atomic mass is 10.3. The van der Waals surface area contributed by atoms with Crippen molar-refractivity contribution in [2.45, 2.75) is 20.3 Å². The van der Waals surface area contributed by atoms with Gasteiger partial charge < -0.3 is 10.6 Å². The van der Waals surface area contributed by atoms with Gasteiger partial charge in [0, 0.05) is 32.3 Å². The molecule has 0 saturated carbocycles. The quantitative estimate of drug-likeness (QED) is 0.435. The minimum absolute atomic E-state index is 0. The predicted molar refractivity (Wildman–Crippen MR) is 102 cm³/mol. The molecule has 5 nitrogen and oxygen atoms in total. The number of nitrogens with zero attached hydrogens (tertiary/aromatic N) is 4. The van der Waals surface area contributed by atoms with Crippen LogP contribution in [0.1, 0.15) is 19.5 Å². The van der Waals surface area contributed by atoms with E-state index in [0.29, 0.717) is 12.5 Å². The molecule has 0 aliphatic heterocycles. The van der Waals surface area contributed by atoms with E-state index in [4.69, 9.17) is 5.73 Å². The van der Waals surface area contributed by atoms with E-state index < -0.39 is 0 Å². The SMILES string of the molecule is CCN(CC)C(N)=NCCc1ccn(-c2ccc(F)cc2)n1.I. The van der Waals surface area contributed by atoms with Gasteiger partial charge in [-0.15, -0.1) is 24.0 Å². The number of halogens is 2. The molecule has 1 aromatic carbocycles. The minimum Gasteiger partial charge on any atom is -0.370 e. The molecule has 0 fully saturated rings. The van der Waals surface area contributed by atoms with Gasteiger partial charge in [0.15, 0.2) is 5.96 Å². The Kier molecular flexibility index (Phi) is 8.01. The van der Waals surface area contributed by atoms with Gasteiger partial charge in [-0.1, -0.05) is 0 Å². The third kappa shape index (κ3) is 5.49. The van der Waals surface area contributed by atoms with E-state index in [1.54, 1.807) is 16.8 Å². The van der Waals surface area contributed by atoms with E-state index in [9.17, 15) is 4.39 Å². The van der Waals surface area contributed by atoms with Gasteiger partial charge in [-0.25, -0.2) is 9.07 Å². The van der Waals surface area contributed by atoms with Crippen LogP contribution in [-0.2, 0) is 6.42 Å². The third-order valence-electron chi connectivity index (χ3n) is 3.46. The first-order valence-corrected chi connectivity index (χ1v) is 7.49. The number of rotatable bonds is 6. The number of aromatic nitrogens is 2. The van der Waals surface area contributed by atoms with Crippen LogP contribution in [0.15, 0.2) is 41.5 Å². The number of benzene rings is 1. The van der Waals surface area contributed by atoms with Crippen molar-refractivity contribution in [3.8, 4) is 5.69 Å². The maximum absolute atomic E-state index is 12.9. The third-order valence-corrected chi connectivity index (χ3v) is 3.46. The van der Waals surface area contributed by atoms with Crippen molar-refractivity contribution in [2.75, 3.05) is 19.6 Å². The molecule has 0 aliphatic rings. The molecule has 7 heteroatoms. The molecule has 23 heavy (non-hydrogen) atoms. The number of hydrogen-bond donors (Lipinski definition) is 1. The molecule has 0 amide bonds.